The largest absolute Gasteiger partial charge is 0.0617 e. The first kappa shape index (κ1) is 9.76. The number of aryl methyl sites for hydroxylation is 1. The van der Waals surface area contributed by atoms with Gasteiger partial charge in [-0.2, -0.15) is 0 Å². The molecule has 0 aromatic heterocycles. The number of rotatable bonds is 2. The molecule has 0 amide bonds. The fourth-order valence-electron chi connectivity index (χ4n) is 2.56. The van der Waals surface area contributed by atoms with E-state index in [4.69, 9.17) is 0 Å². The highest BCUT2D eigenvalue weighted by molar-refractivity contribution is 5.22. The van der Waals surface area contributed by atoms with Crippen LogP contribution in [0.15, 0.2) is 24.3 Å². The molecule has 0 bridgehead atoms. The molecule has 0 N–H and O–H groups in total. The van der Waals surface area contributed by atoms with Gasteiger partial charge in [0.1, 0.15) is 0 Å². The summed E-state index contributed by atoms with van der Waals surface area (Å²) in [5.74, 6) is 0.963. The van der Waals surface area contributed by atoms with Crippen molar-refractivity contribution in [2.75, 3.05) is 0 Å². The fourth-order valence-corrected chi connectivity index (χ4v) is 2.56. The van der Waals surface area contributed by atoms with Gasteiger partial charge < -0.3 is 0 Å². The predicted molar refractivity (Wildman–Crippen MR) is 61.5 cm³/mol. The predicted octanol–water partition coefficient (Wildman–Crippen LogP) is 4.12. The van der Waals surface area contributed by atoms with Crippen LogP contribution in [0.2, 0.25) is 0 Å². The topological polar surface area (TPSA) is 0 Å². The van der Waals surface area contributed by atoms with E-state index in [2.05, 4.69) is 31.2 Å². The molecular weight excluding hydrogens is 168 g/mol. The van der Waals surface area contributed by atoms with Crippen molar-refractivity contribution in [1.82, 2.24) is 0 Å². The molecule has 1 fully saturated rings. The molecule has 1 aromatic carbocycles. The van der Waals surface area contributed by atoms with E-state index < -0.39 is 0 Å². The summed E-state index contributed by atoms with van der Waals surface area (Å²) < 4.78 is 0. The van der Waals surface area contributed by atoms with E-state index in [-0.39, 0.29) is 0 Å². The quantitative estimate of drug-likeness (QED) is 0.655. The molecular formula is C14H20. The lowest BCUT2D eigenvalue weighted by Gasteiger charge is -2.21. The molecule has 0 heteroatoms. The first-order valence-corrected chi connectivity index (χ1v) is 5.90. The Morgan fingerprint density at radius 2 is 1.93 bits per heavy atom. The summed E-state index contributed by atoms with van der Waals surface area (Å²) in [6, 6.07) is 8.99. The van der Waals surface area contributed by atoms with Crippen molar-refractivity contribution in [3.8, 4) is 0 Å². The van der Waals surface area contributed by atoms with Gasteiger partial charge >= 0.3 is 0 Å². The lowest BCUT2D eigenvalue weighted by Crippen LogP contribution is -2.09. The van der Waals surface area contributed by atoms with Crippen LogP contribution in [0, 0.1) is 12.8 Å². The average molecular weight is 188 g/mol. The second kappa shape index (κ2) is 4.63. The van der Waals surface area contributed by atoms with Crippen molar-refractivity contribution in [3.63, 3.8) is 0 Å². The van der Waals surface area contributed by atoms with Crippen LogP contribution >= 0.6 is 0 Å². The molecule has 0 spiro atoms. The fraction of sp³-hybridized carbons (Fsp3) is 0.571. The molecule has 1 saturated carbocycles. The lowest BCUT2D eigenvalue weighted by atomic mass is 9.85. The van der Waals surface area contributed by atoms with Gasteiger partial charge in [-0.25, -0.2) is 0 Å². The van der Waals surface area contributed by atoms with E-state index in [0.717, 1.165) is 5.92 Å². The highest BCUT2D eigenvalue weighted by Crippen LogP contribution is 2.26. The molecule has 0 heterocycles. The zero-order chi connectivity index (χ0) is 9.80. The Morgan fingerprint density at radius 1 is 1.14 bits per heavy atom. The third-order valence-electron chi connectivity index (χ3n) is 3.33. The van der Waals surface area contributed by atoms with Crippen LogP contribution in [0.4, 0.5) is 0 Å². The van der Waals surface area contributed by atoms with Crippen LogP contribution in [0.3, 0.4) is 0 Å². The minimum absolute atomic E-state index is 0.963. The van der Waals surface area contributed by atoms with E-state index in [1.165, 1.54) is 49.7 Å². The molecule has 0 aliphatic heterocycles. The first-order valence-electron chi connectivity index (χ1n) is 5.90. The van der Waals surface area contributed by atoms with E-state index in [9.17, 15) is 0 Å². The molecule has 76 valence electrons. The summed E-state index contributed by atoms with van der Waals surface area (Å²) in [7, 11) is 0. The van der Waals surface area contributed by atoms with Gasteiger partial charge in [0.2, 0.25) is 0 Å². The highest BCUT2D eigenvalue weighted by atomic mass is 14.2. The maximum absolute atomic E-state index is 2.34. The van der Waals surface area contributed by atoms with Crippen molar-refractivity contribution in [3.05, 3.63) is 35.4 Å². The van der Waals surface area contributed by atoms with E-state index in [0.29, 0.717) is 0 Å². The molecule has 2 rings (SSSR count). The summed E-state index contributed by atoms with van der Waals surface area (Å²) in [6.07, 6.45) is 8.58. The molecule has 0 unspecified atom stereocenters. The van der Waals surface area contributed by atoms with Crippen molar-refractivity contribution in [2.24, 2.45) is 5.92 Å². The number of benzene rings is 1. The molecule has 1 aliphatic carbocycles. The van der Waals surface area contributed by atoms with Crippen LogP contribution in [0.1, 0.15) is 43.2 Å². The molecule has 1 aromatic rings. The third-order valence-corrected chi connectivity index (χ3v) is 3.33. The van der Waals surface area contributed by atoms with E-state index >= 15 is 0 Å². The van der Waals surface area contributed by atoms with Gasteiger partial charge in [-0.1, -0.05) is 61.9 Å². The lowest BCUT2D eigenvalue weighted by molar-refractivity contribution is 0.356. The number of hydrogen-bond donors (Lipinski definition) is 0. The third kappa shape index (κ3) is 2.60. The Kier molecular flexibility index (Phi) is 3.23. The van der Waals surface area contributed by atoms with E-state index in [1.54, 1.807) is 0 Å². The van der Waals surface area contributed by atoms with Crippen LogP contribution in [-0.4, -0.2) is 0 Å². The summed E-state index contributed by atoms with van der Waals surface area (Å²) in [6.45, 7) is 2.18. The van der Waals surface area contributed by atoms with E-state index in [1.807, 2.05) is 0 Å². The van der Waals surface area contributed by atoms with Crippen LogP contribution in [0.25, 0.3) is 0 Å². The Bertz CT molecular complexity index is 282. The second-order valence-corrected chi connectivity index (χ2v) is 4.70. The van der Waals surface area contributed by atoms with Crippen LogP contribution < -0.4 is 0 Å². The Morgan fingerprint density at radius 3 is 2.64 bits per heavy atom. The van der Waals surface area contributed by atoms with Gasteiger partial charge in [-0.05, 0) is 24.8 Å². The smallest absolute Gasteiger partial charge is 0.0250 e. The Hall–Kier alpha value is -0.780. The zero-order valence-corrected chi connectivity index (χ0v) is 9.13. The van der Waals surface area contributed by atoms with Crippen LogP contribution in [0.5, 0.6) is 0 Å². The second-order valence-electron chi connectivity index (χ2n) is 4.70. The summed E-state index contributed by atoms with van der Waals surface area (Å²) in [4.78, 5) is 0. The summed E-state index contributed by atoms with van der Waals surface area (Å²) in [5.41, 5.74) is 2.94. The van der Waals surface area contributed by atoms with Gasteiger partial charge in [-0.15, -0.1) is 0 Å². The van der Waals surface area contributed by atoms with Crippen molar-refractivity contribution in [1.29, 1.82) is 0 Å². The van der Waals surface area contributed by atoms with Gasteiger partial charge in [0.25, 0.3) is 0 Å². The molecule has 0 nitrogen and oxygen atoms in total. The minimum atomic E-state index is 0.963. The van der Waals surface area contributed by atoms with Crippen molar-refractivity contribution in [2.45, 2.75) is 45.4 Å². The summed E-state index contributed by atoms with van der Waals surface area (Å²) in [5, 5.41) is 0. The molecule has 1 aliphatic rings. The Labute approximate surface area is 87.3 Å². The van der Waals surface area contributed by atoms with Crippen molar-refractivity contribution < 1.29 is 0 Å². The summed E-state index contributed by atoms with van der Waals surface area (Å²) >= 11 is 0. The maximum Gasteiger partial charge on any atom is -0.0250 e. The normalized spacial score (nSPS) is 18.4. The zero-order valence-electron chi connectivity index (χ0n) is 9.13. The van der Waals surface area contributed by atoms with Crippen LogP contribution in [-0.2, 0) is 6.42 Å². The van der Waals surface area contributed by atoms with Gasteiger partial charge in [-0.3, -0.25) is 0 Å². The molecule has 0 atom stereocenters. The molecule has 14 heavy (non-hydrogen) atoms. The number of hydrogen-bond acceptors (Lipinski definition) is 0. The maximum atomic E-state index is 2.34. The molecule has 0 radical (unpaired) electrons. The average Bonchev–Trinajstić information content (AvgIpc) is 2.19. The van der Waals surface area contributed by atoms with Gasteiger partial charge in [0.05, 0.1) is 0 Å². The SMILES string of the molecule is Cc1cccc(CC2CCCCC2)c1. The highest BCUT2D eigenvalue weighted by Gasteiger charge is 2.13. The monoisotopic (exact) mass is 188 g/mol. The minimum Gasteiger partial charge on any atom is -0.0617 e. The van der Waals surface area contributed by atoms with Gasteiger partial charge in [0.15, 0.2) is 0 Å². The van der Waals surface area contributed by atoms with Crippen molar-refractivity contribution >= 4 is 0 Å². The Balaban J connectivity index is 1.95. The standard InChI is InChI=1S/C14H20/c1-12-6-5-9-14(10-12)11-13-7-3-2-4-8-13/h5-6,9-10,13H,2-4,7-8,11H2,1H3. The van der Waals surface area contributed by atoms with Gasteiger partial charge in [0, 0.05) is 0 Å². The first-order chi connectivity index (χ1) is 6.84. The molecule has 0 saturated heterocycles.